The number of aliphatic imine (C=N–C) groups is 1. The summed E-state index contributed by atoms with van der Waals surface area (Å²) < 4.78 is 20.3. The second-order valence-corrected chi connectivity index (χ2v) is 7.77. The molecule has 0 amide bonds. The number of piperazine rings is 1. The molecular formula is C23H28FN3O2. The summed E-state index contributed by atoms with van der Waals surface area (Å²) in [6, 6.07) is 17.0. The Morgan fingerprint density at radius 1 is 1.03 bits per heavy atom. The first kappa shape index (κ1) is 19.9. The Kier molecular flexibility index (Phi) is 6.42. The number of hydrogen-bond donors (Lipinski definition) is 1. The van der Waals surface area contributed by atoms with E-state index < -0.39 is 0 Å². The zero-order chi connectivity index (χ0) is 20.1. The van der Waals surface area contributed by atoms with Crippen molar-refractivity contribution in [3.63, 3.8) is 0 Å². The molecule has 29 heavy (non-hydrogen) atoms. The van der Waals surface area contributed by atoms with Crippen molar-refractivity contribution < 1.29 is 14.2 Å². The molecule has 2 fully saturated rings. The average Bonchev–Trinajstić information content (AvgIpc) is 2.77. The molecular weight excluding hydrogens is 369 g/mol. The van der Waals surface area contributed by atoms with E-state index in [0.29, 0.717) is 23.4 Å². The van der Waals surface area contributed by atoms with Crippen LogP contribution >= 0.6 is 0 Å². The minimum atomic E-state index is -0.340. The van der Waals surface area contributed by atoms with Crippen LogP contribution in [0.25, 0.3) is 0 Å². The number of para-hydroxylation sites is 1. The van der Waals surface area contributed by atoms with E-state index in [1.165, 1.54) is 6.07 Å². The fourth-order valence-electron chi connectivity index (χ4n) is 4.38. The molecule has 2 aromatic rings. The number of nitrogens with zero attached hydrogens (tertiary/aromatic N) is 3. The van der Waals surface area contributed by atoms with E-state index in [1.807, 2.05) is 30.3 Å². The summed E-state index contributed by atoms with van der Waals surface area (Å²) in [6.07, 6.45) is 2.21. The molecule has 4 rings (SSSR count). The second-order valence-electron chi connectivity index (χ2n) is 7.77. The van der Waals surface area contributed by atoms with Crippen molar-refractivity contribution in [2.45, 2.75) is 18.9 Å². The van der Waals surface area contributed by atoms with Crippen LogP contribution in [0, 0.1) is 11.7 Å². The Balaban J connectivity index is 1.36. The molecule has 2 unspecified atom stereocenters. The summed E-state index contributed by atoms with van der Waals surface area (Å²) >= 11 is 0. The first-order chi connectivity index (χ1) is 14.2. The monoisotopic (exact) mass is 397 g/mol. The highest BCUT2D eigenvalue weighted by molar-refractivity contribution is 5.99. The molecule has 5 nitrogen and oxygen atoms in total. The van der Waals surface area contributed by atoms with Gasteiger partial charge in [-0.1, -0.05) is 30.3 Å². The maximum Gasteiger partial charge on any atom is 0.136 e. The molecule has 0 bridgehead atoms. The lowest BCUT2D eigenvalue weighted by atomic mass is 9.91. The molecule has 0 spiro atoms. The Morgan fingerprint density at radius 3 is 2.62 bits per heavy atom. The normalized spacial score (nSPS) is 23.0. The van der Waals surface area contributed by atoms with Crippen LogP contribution in [0.3, 0.4) is 0 Å². The third kappa shape index (κ3) is 4.77. The lowest BCUT2D eigenvalue weighted by molar-refractivity contribution is 0.0387. The second kappa shape index (κ2) is 9.37. The van der Waals surface area contributed by atoms with Gasteiger partial charge < -0.3 is 14.7 Å². The lowest BCUT2D eigenvalue weighted by Gasteiger charge is -2.47. The molecule has 1 N–H and O–H groups in total. The van der Waals surface area contributed by atoms with Crippen molar-refractivity contribution in [2.75, 3.05) is 39.5 Å². The highest BCUT2D eigenvalue weighted by atomic mass is 19.1. The van der Waals surface area contributed by atoms with Gasteiger partial charge in [0, 0.05) is 38.1 Å². The molecule has 2 aromatic carbocycles. The van der Waals surface area contributed by atoms with Crippen molar-refractivity contribution in [2.24, 2.45) is 10.9 Å². The number of hydrogen-bond acceptors (Lipinski definition) is 4. The van der Waals surface area contributed by atoms with Crippen molar-refractivity contribution in [1.29, 1.82) is 0 Å². The van der Waals surface area contributed by atoms with Crippen LogP contribution in [0.2, 0.25) is 0 Å². The molecule has 6 heteroatoms. The van der Waals surface area contributed by atoms with E-state index >= 15 is 0 Å². The highest BCUT2D eigenvalue weighted by Crippen LogP contribution is 2.27. The van der Waals surface area contributed by atoms with E-state index in [-0.39, 0.29) is 12.5 Å². The summed E-state index contributed by atoms with van der Waals surface area (Å²) in [6.45, 7) is 3.91. The van der Waals surface area contributed by atoms with Gasteiger partial charge in [-0.2, -0.15) is 0 Å². The zero-order valence-corrected chi connectivity index (χ0v) is 16.6. The Bertz CT molecular complexity index is 830. The smallest absolute Gasteiger partial charge is 0.136 e. The number of piperidine rings is 1. The van der Waals surface area contributed by atoms with Gasteiger partial charge in [0.1, 0.15) is 24.1 Å². The van der Waals surface area contributed by atoms with Crippen LogP contribution in [0.5, 0.6) is 5.75 Å². The zero-order valence-electron chi connectivity index (χ0n) is 16.6. The maximum absolute atomic E-state index is 14.3. The summed E-state index contributed by atoms with van der Waals surface area (Å²) in [5, 5.41) is 9.38. The molecule has 2 aliphatic heterocycles. The van der Waals surface area contributed by atoms with Crippen molar-refractivity contribution >= 4 is 5.84 Å². The van der Waals surface area contributed by atoms with Crippen molar-refractivity contribution in [1.82, 2.24) is 9.80 Å². The number of aliphatic hydroxyl groups is 1. The number of aliphatic hydroxyl groups excluding tert-OH is 1. The summed E-state index contributed by atoms with van der Waals surface area (Å²) in [4.78, 5) is 8.86. The van der Waals surface area contributed by atoms with Crippen LogP contribution in [0.1, 0.15) is 18.4 Å². The predicted molar refractivity (Wildman–Crippen MR) is 112 cm³/mol. The van der Waals surface area contributed by atoms with Crippen LogP contribution in [0.15, 0.2) is 59.6 Å². The first-order valence-electron chi connectivity index (χ1n) is 10.3. The quantitative estimate of drug-likeness (QED) is 0.623. The topological polar surface area (TPSA) is 48.3 Å². The first-order valence-corrected chi connectivity index (χ1v) is 10.3. The minimum Gasteiger partial charge on any atom is -0.493 e. The van der Waals surface area contributed by atoms with Gasteiger partial charge in [0.15, 0.2) is 0 Å². The van der Waals surface area contributed by atoms with Crippen molar-refractivity contribution in [3.8, 4) is 5.75 Å². The lowest BCUT2D eigenvalue weighted by Crippen LogP contribution is -2.58. The SMILES string of the molecule is OC/N=C(\c1ccccc1F)N1CCN2CC(COc3ccccc3)CCC2C1. The fraction of sp³-hybridized carbons (Fsp3) is 0.435. The van der Waals surface area contributed by atoms with E-state index in [9.17, 15) is 9.50 Å². The molecule has 0 aromatic heterocycles. The van der Waals surface area contributed by atoms with Gasteiger partial charge in [0.2, 0.25) is 0 Å². The number of rotatable bonds is 5. The molecule has 2 atom stereocenters. The summed E-state index contributed by atoms with van der Waals surface area (Å²) in [5.74, 6) is 1.70. The molecule has 0 radical (unpaired) electrons. The molecule has 0 saturated carbocycles. The summed E-state index contributed by atoms with van der Waals surface area (Å²) in [5.41, 5.74) is 0.458. The Hall–Kier alpha value is -2.44. The minimum absolute atomic E-state index is 0.302. The van der Waals surface area contributed by atoms with Crippen LogP contribution in [-0.2, 0) is 0 Å². The predicted octanol–water partition coefficient (Wildman–Crippen LogP) is 3.00. The summed E-state index contributed by atoms with van der Waals surface area (Å²) in [7, 11) is 0. The van der Waals surface area contributed by atoms with Gasteiger partial charge in [-0.15, -0.1) is 0 Å². The molecule has 0 aliphatic carbocycles. The van der Waals surface area contributed by atoms with Crippen LogP contribution < -0.4 is 4.74 Å². The number of halogens is 1. The molecule has 154 valence electrons. The fourth-order valence-corrected chi connectivity index (χ4v) is 4.38. The number of fused-ring (bicyclic) bond motifs is 1. The van der Waals surface area contributed by atoms with E-state index in [2.05, 4.69) is 14.8 Å². The van der Waals surface area contributed by atoms with E-state index in [1.54, 1.807) is 18.2 Å². The van der Waals surface area contributed by atoms with Gasteiger partial charge in [0.05, 0.1) is 12.2 Å². The van der Waals surface area contributed by atoms with Crippen molar-refractivity contribution in [3.05, 3.63) is 66.0 Å². The van der Waals surface area contributed by atoms with Gasteiger partial charge in [0.25, 0.3) is 0 Å². The molecule has 2 aliphatic rings. The molecule has 2 saturated heterocycles. The van der Waals surface area contributed by atoms with Crippen LogP contribution in [0.4, 0.5) is 4.39 Å². The van der Waals surface area contributed by atoms with Gasteiger partial charge in [-0.25, -0.2) is 9.38 Å². The van der Waals surface area contributed by atoms with Gasteiger partial charge in [-0.05, 0) is 37.1 Å². The highest BCUT2D eigenvalue weighted by Gasteiger charge is 2.34. The van der Waals surface area contributed by atoms with Crippen LogP contribution in [-0.4, -0.2) is 66.3 Å². The largest absolute Gasteiger partial charge is 0.493 e. The Morgan fingerprint density at radius 2 is 1.83 bits per heavy atom. The third-order valence-corrected chi connectivity index (χ3v) is 5.87. The standard InChI is InChI=1S/C23H28FN3O2/c24-22-9-5-4-8-21(22)23(25-17-28)27-13-12-26-14-18(10-11-19(26)15-27)16-29-20-6-2-1-3-7-20/h1-9,18-19,28H,10-17H2/b25-23+. The number of ether oxygens (including phenoxy) is 1. The van der Waals surface area contributed by atoms with E-state index in [0.717, 1.165) is 51.4 Å². The number of amidine groups is 1. The van der Waals surface area contributed by atoms with Gasteiger partial charge in [-0.3, -0.25) is 4.90 Å². The number of benzene rings is 2. The maximum atomic E-state index is 14.3. The van der Waals surface area contributed by atoms with E-state index in [4.69, 9.17) is 4.74 Å². The third-order valence-electron chi connectivity index (χ3n) is 5.87. The Labute approximate surface area is 171 Å². The molecule has 2 heterocycles. The van der Waals surface area contributed by atoms with Gasteiger partial charge >= 0.3 is 0 Å². The average molecular weight is 397 g/mol.